The molecule has 0 aliphatic heterocycles. The number of rotatable bonds is 2. The van der Waals surface area contributed by atoms with Crippen LogP contribution in [0.15, 0.2) is 35.3 Å². The van der Waals surface area contributed by atoms with E-state index in [0.717, 1.165) is 0 Å². The second-order valence-corrected chi connectivity index (χ2v) is 2.08. The van der Waals surface area contributed by atoms with Crippen molar-refractivity contribution in [3.05, 3.63) is 35.9 Å². The number of nitrogens with zero attached hydrogens (tertiary/aromatic N) is 1. The van der Waals surface area contributed by atoms with Crippen molar-refractivity contribution >= 4 is 17.4 Å². The monoisotopic (exact) mass is 263 g/mol. The van der Waals surface area contributed by atoms with Gasteiger partial charge in [-0.25, -0.2) is 4.99 Å². The van der Waals surface area contributed by atoms with E-state index in [1.54, 1.807) is 0 Å². The molecule has 52 valence electrons. The fourth-order valence-corrected chi connectivity index (χ4v) is 0.772. The molecule has 0 aliphatic carbocycles. The van der Waals surface area contributed by atoms with Gasteiger partial charge in [0.25, 0.3) is 0 Å². The molecular weight excluding hydrogens is 255 g/mol. The number of benzene rings is 1. The second-order valence-electron chi connectivity index (χ2n) is 1.89. The van der Waals surface area contributed by atoms with Gasteiger partial charge in [-0.3, -0.25) is 0 Å². The standard InChI is InChI=1S/C8H7NS.Cd/c10-7-9-6-8-4-2-1-3-5-8;/h1-5H,6H2;. The van der Waals surface area contributed by atoms with E-state index in [-0.39, 0.29) is 27.3 Å². The molecule has 0 saturated heterocycles. The third kappa shape index (κ3) is 4.40. The first kappa shape index (κ1) is 10.9. The molecular formula is C8H7CdNS. The van der Waals surface area contributed by atoms with Gasteiger partial charge in [0.05, 0.1) is 11.7 Å². The second kappa shape index (κ2) is 6.64. The van der Waals surface area contributed by atoms with Crippen molar-refractivity contribution in [1.82, 2.24) is 0 Å². The first-order valence-corrected chi connectivity index (χ1v) is 3.42. The Kier molecular flexibility index (Phi) is 6.60. The molecule has 0 unspecified atom stereocenters. The van der Waals surface area contributed by atoms with Crippen molar-refractivity contribution in [2.24, 2.45) is 4.99 Å². The van der Waals surface area contributed by atoms with Crippen LogP contribution in [-0.4, -0.2) is 5.16 Å². The summed E-state index contributed by atoms with van der Waals surface area (Å²) in [4.78, 5) is 3.81. The summed E-state index contributed by atoms with van der Waals surface area (Å²) in [5.41, 5.74) is 1.17. The van der Waals surface area contributed by atoms with Crippen LogP contribution in [0.2, 0.25) is 0 Å². The smallest absolute Gasteiger partial charge is 0.0743 e. The minimum absolute atomic E-state index is 0. The van der Waals surface area contributed by atoms with Crippen LogP contribution >= 0.6 is 12.2 Å². The van der Waals surface area contributed by atoms with Crippen LogP contribution in [0, 0.1) is 0 Å². The Labute approximate surface area is 91.7 Å². The van der Waals surface area contributed by atoms with Crippen LogP contribution < -0.4 is 0 Å². The molecule has 0 heterocycles. The minimum atomic E-state index is 0. The quantitative estimate of drug-likeness (QED) is 0.452. The third-order valence-electron chi connectivity index (χ3n) is 1.17. The predicted octanol–water partition coefficient (Wildman–Crippen LogP) is 2.29. The van der Waals surface area contributed by atoms with Crippen molar-refractivity contribution in [2.45, 2.75) is 6.54 Å². The maximum Gasteiger partial charge on any atom is 0.0743 e. The largest absolute Gasteiger partial charge is 0.228 e. The van der Waals surface area contributed by atoms with Crippen LogP contribution in [0.3, 0.4) is 0 Å². The van der Waals surface area contributed by atoms with Gasteiger partial charge in [-0.05, 0) is 17.8 Å². The summed E-state index contributed by atoms with van der Waals surface area (Å²) in [6, 6.07) is 9.96. The molecule has 11 heavy (non-hydrogen) atoms. The molecule has 3 heteroatoms. The summed E-state index contributed by atoms with van der Waals surface area (Å²) in [5.74, 6) is 0. The first-order chi connectivity index (χ1) is 4.93. The zero-order chi connectivity index (χ0) is 7.23. The molecule has 0 fully saturated rings. The maximum atomic E-state index is 4.43. The van der Waals surface area contributed by atoms with E-state index >= 15 is 0 Å². The fraction of sp³-hybridized carbons (Fsp3) is 0.125. The maximum absolute atomic E-state index is 4.43. The molecule has 1 aromatic carbocycles. The van der Waals surface area contributed by atoms with E-state index in [1.807, 2.05) is 30.3 Å². The van der Waals surface area contributed by atoms with Crippen LogP contribution in [0.25, 0.3) is 0 Å². The van der Waals surface area contributed by atoms with Crippen molar-refractivity contribution in [2.75, 3.05) is 0 Å². The summed E-state index contributed by atoms with van der Waals surface area (Å²) < 4.78 is 0. The Balaban J connectivity index is 0.000001000. The van der Waals surface area contributed by atoms with E-state index < -0.39 is 0 Å². The molecule has 0 amide bonds. The van der Waals surface area contributed by atoms with Crippen LogP contribution in [-0.2, 0) is 33.8 Å². The van der Waals surface area contributed by atoms with Crippen LogP contribution in [0.1, 0.15) is 5.56 Å². The van der Waals surface area contributed by atoms with E-state index in [0.29, 0.717) is 6.54 Å². The normalized spacial score (nSPS) is 7.64. The van der Waals surface area contributed by atoms with Crippen molar-refractivity contribution in [1.29, 1.82) is 0 Å². The molecule has 0 spiro atoms. The molecule has 0 radical (unpaired) electrons. The average molecular weight is 262 g/mol. The molecule has 0 atom stereocenters. The number of aliphatic imine (C=N–C) groups is 1. The van der Waals surface area contributed by atoms with E-state index in [1.165, 1.54) is 5.56 Å². The number of isothiocyanates is 1. The minimum Gasteiger partial charge on any atom is -0.228 e. The topological polar surface area (TPSA) is 12.4 Å². The molecule has 0 aliphatic rings. The summed E-state index contributed by atoms with van der Waals surface area (Å²) in [5, 5.41) is 2.32. The molecule has 0 N–H and O–H groups in total. The van der Waals surface area contributed by atoms with Crippen LogP contribution in [0.5, 0.6) is 0 Å². The number of hydrogen-bond acceptors (Lipinski definition) is 2. The molecule has 1 nitrogen and oxygen atoms in total. The van der Waals surface area contributed by atoms with Crippen molar-refractivity contribution in [3.8, 4) is 0 Å². The van der Waals surface area contributed by atoms with Gasteiger partial charge < -0.3 is 0 Å². The molecule has 0 bridgehead atoms. The van der Waals surface area contributed by atoms with E-state index in [9.17, 15) is 0 Å². The summed E-state index contributed by atoms with van der Waals surface area (Å²) in [7, 11) is 0. The van der Waals surface area contributed by atoms with Gasteiger partial charge >= 0.3 is 0 Å². The Morgan fingerprint density at radius 2 is 1.91 bits per heavy atom. The van der Waals surface area contributed by atoms with Gasteiger partial charge in [-0.15, -0.1) is 0 Å². The third-order valence-corrected chi connectivity index (χ3v) is 1.30. The summed E-state index contributed by atoms with van der Waals surface area (Å²) in [6.07, 6.45) is 0. The Morgan fingerprint density at radius 1 is 1.27 bits per heavy atom. The van der Waals surface area contributed by atoms with Crippen molar-refractivity contribution in [3.63, 3.8) is 0 Å². The number of hydrogen-bond donors (Lipinski definition) is 0. The van der Waals surface area contributed by atoms with Gasteiger partial charge in [0.2, 0.25) is 0 Å². The zero-order valence-electron chi connectivity index (χ0n) is 6.16. The summed E-state index contributed by atoms with van der Waals surface area (Å²) >= 11 is 4.43. The van der Waals surface area contributed by atoms with E-state index in [4.69, 9.17) is 0 Å². The molecule has 0 aromatic heterocycles. The first-order valence-electron chi connectivity index (χ1n) is 3.01. The SMILES string of the molecule is S=C=NCc1ccccc1.[Cd]. The van der Waals surface area contributed by atoms with Crippen molar-refractivity contribution < 1.29 is 27.3 Å². The predicted molar refractivity (Wildman–Crippen MR) is 45.2 cm³/mol. The van der Waals surface area contributed by atoms with E-state index in [2.05, 4.69) is 22.4 Å². The van der Waals surface area contributed by atoms with Gasteiger partial charge in [-0.2, -0.15) is 0 Å². The van der Waals surface area contributed by atoms with Gasteiger partial charge in [0, 0.05) is 27.3 Å². The van der Waals surface area contributed by atoms with Crippen LogP contribution in [0.4, 0.5) is 0 Å². The summed E-state index contributed by atoms with van der Waals surface area (Å²) in [6.45, 7) is 0.643. The fourth-order valence-electron chi connectivity index (χ4n) is 0.707. The molecule has 1 aromatic rings. The molecule has 0 saturated carbocycles. The van der Waals surface area contributed by atoms with Gasteiger partial charge in [0.1, 0.15) is 0 Å². The van der Waals surface area contributed by atoms with Gasteiger partial charge in [0.15, 0.2) is 0 Å². The van der Waals surface area contributed by atoms with Gasteiger partial charge in [-0.1, -0.05) is 30.3 Å². The Bertz CT molecular complexity index is 242. The Morgan fingerprint density at radius 3 is 2.45 bits per heavy atom. The average Bonchev–Trinajstić information content (AvgIpc) is 2.03. The Hall–Kier alpha value is -0.0579. The molecule has 1 rings (SSSR count). The zero-order valence-corrected chi connectivity index (χ0v) is 11.0. The number of thiocarbonyl (C=S) groups is 1.